The molecule has 0 radical (unpaired) electrons. The maximum absolute atomic E-state index is 12.2. The van der Waals surface area contributed by atoms with Gasteiger partial charge < -0.3 is 19.4 Å². The number of nitrogens with one attached hydrogen (secondary N) is 1. The second-order valence-corrected chi connectivity index (χ2v) is 7.40. The molecule has 1 heterocycles. The van der Waals surface area contributed by atoms with Gasteiger partial charge in [-0.15, -0.1) is 10.2 Å². The molecule has 1 aromatic heterocycles. The van der Waals surface area contributed by atoms with Gasteiger partial charge in [0, 0.05) is 18.2 Å². The lowest BCUT2D eigenvalue weighted by Gasteiger charge is -2.12. The van der Waals surface area contributed by atoms with E-state index in [0.29, 0.717) is 29.8 Å². The summed E-state index contributed by atoms with van der Waals surface area (Å²) < 4.78 is 12.7. The third kappa shape index (κ3) is 4.55. The number of ether oxygens (including phenoxy) is 2. The van der Waals surface area contributed by atoms with Crippen LogP contribution in [0.3, 0.4) is 0 Å². The fraction of sp³-hybridized carbons (Fsp3) is 0.526. The summed E-state index contributed by atoms with van der Waals surface area (Å²) in [7, 11) is 3.22. The normalized spacial score (nSPS) is 14.3. The van der Waals surface area contributed by atoms with Gasteiger partial charge in [0.25, 0.3) is 0 Å². The van der Waals surface area contributed by atoms with Crippen LogP contribution in [0.15, 0.2) is 23.4 Å². The molecule has 0 unspecified atom stereocenters. The van der Waals surface area contributed by atoms with Crippen molar-refractivity contribution >= 4 is 17.7 Å². The van der Waals surface area contributed by atoms with Crippen molar-refractivity contribution in [1.29, 1.82) is 0 Å². The van der Waals surface area contributed by atoms with Gasteiger partial charge in [-0.05, 0) is 38.0 Å². The van der Waals surface area contributed by atoms with Crippen LogP contribution in [0.5, 0.6) is 11.5 Å². The molecule has 1 saturated carbocycles. The van der Waals surface area contributed by atoms with Crippen molar-refractivity contribution in [3.8, 4) is 22.9 Å². The first kappa shape index (κ1) is 19.5. The second kappa shape index (κ2) is 9.12. The van der Waals surface area contributed by atoms with Gasteiger partial charge in [-0.1, -0.05) is 24.6 Å². The number of thioether (sulfide) groups is 1. The smallest absolute Gasteiger partial charge is 0.230 e. The Bertz CT molecular complexity index is 787. The maximum atomic E-state index is 12.2. The SMILES string of the molecule is CCn1c(SCC(=O)NC2CCCC2)nnc1-c1ccc(OC)c(OC)c1. The first-order valence-electron chi connectivity index (χ1n) is 9.24. The number of carbonyl (C=O) groups excluding carboxylic acids is 1. The van der Waals surface area contributed by atoms with Crippen molar-refractivity contribution in [1.82, 2.24) is 20.1 Å². The van der Waals surface area contributed by atoms with Crippen LogP contribution >= 0.6 is 11.8 Å². The zero-order valence-electron chi connectivity index (χ0n) is 16.0. The van der Waals surface area contributed by atoms with Crippen molar-refractivity contribution in [2.24, 2.45) is 0 Å². The van der Waals surface area contributed by atoms with Crippen LogP contribution in [-0.2, 0) is 11.3 Å². The summed E-state index contributed by atoms with van der Waals surface area (Å²) in [6.45, 7) is 2.75. The minimum atomic E-state index is 0.0604. The number of benzene rings is 1. The highest BCUT2D eigenvalue weighted by Crippen LogP contribution is 2.32. The predicted molar refractivity (Wildman–Crippen MR) is 105 cm³/mol. The van der Waals surface area contributed by atoms with Gasteiger partial charge in [-0.25, -0.2) is 0 Å². The quantitative estimate of drug-likeness (QED) is 0.698. The molecule has 0 aliphatic heterocycles. The van der Waals surface area contributed by atoms with Gasteiger partial charge in [0.05, 0.1) is 20.0 Å². The molecular formula is C19H26N4O3S. The Balaban J connectivity index is 1.71. The second-order valence-electron chi connectivity index (χ2n) is 6.46. The average Bonchev–Trinajstić information content (AvgIpc) is 3.35. The van der Waals surface area contributed by atoms with E-state index in [0.717, 1.165) is 29.4 Å². The van der Waals surface area contributed by atoms with Gasteiger partial charge >= 0.3 is 0 Å². The minimum Gasteiger partial charge on any atom is -0.493 e. The van der Waals surface area contributed by atoms with E-state index < -0.39 is 0 Å². The number of nitrogens with zero attached hydrogens (tertiary/aromatic N) is 3. The number of hydrogen-bond donors (Lipinski definition) is 1. The molecular weight excluding hydrogens is 364 g/mol. The summed E-state index contributed by atoms with van der Waals surface area (Å²) in [5.41, 5.74) is 0.893. The lowest BCUT2D eigenvalue weighted by atomic mass is 10.2. The molecule has 2 aromatic rings. The molecule has 1 aliphatic carbocycles. The van der Waals surface area contributed by atoms with E-state index in [2.05, 4.69) is 15.5 Å². The third-order valence-electron chi connectivity index (χ3n) is 4.73. The molecule has 0 atom stereocenters. The minimum absolute atomic E-state index is 0.0604. The number of amides is 1. The first-order valence-corrected chi connectivity index (χ1v) is 10.2. The molecule has 1 fully saturated rings. The number of methoxy groups -OCH3 is 2. The van der Waals surface area contributed by atoms with E-state index in [9.17, 15) is 4.79 Å². The van der Waals surface area contributed by atoms with Crippen LogP contribution in [0.4, 0.5) is 0 Å². The molecule has 1 amide bonds. The monoisotopic (exact) mass is 390 g/mol. The van der Waals surface area contributed by atoms with Gasteiger partial charge in [0.1, 0.15) is 0 Å². The topological polar surface area (TPSA) is 78.3 Å². The molecule has 3 rings (SSSR count). The fourth-order valence-corrected chi connectivity index (χ4v) is 4.15. The Labute approximate surface area is 163 Å². The number of carbonyl (C=O) groups is 1. The van der Waals surface area contributed by atoms with Crippen molar-refractivity contribution in [2.45, 2.75) is 50.4 Å². The molecule has 0 saturated heterocycles. The summed E-state index contributed by atoms with van der Waals surface area (Å²) in [4.78, 5) is 12.2. The van der Waals surface area contributed by atoms with Gasteiger partial charge in [-0.3, -0.25) is 4.79 Å². The Morgan fingerprint density at radius 1 is 1.22 bits per heavy atom. The van der Waals surface area contributed by atoms with E-state index in [1.807, 2.05) is 29.7 Å². The largest absolute Gasteiger partial charge is 0.493 e. The fourth-order valence-electron chi connectivity index (χ4n) is 3.34. The lowest BCUT2D eigenvalue weighted by molar-refractivity contribution is -0.119. The molecule has 1 N–H and O–H groups in total. The van der Waals surface area contributed by atoms with E-state index in [1.165, 1.54) is 24.6 Å². The molecule has 1 aromatic carbocycles. The van der Waals surface area contributed by atoms with E-state index >= 15 is 0 Å². The molecule has 7 nitrogen and oxygen atoms in total. The molecule has 0 bridgehead atoms. The van der Waals surface area contributed by atoms with Crippen LogP contribution in [0, 0.1) is 0 Å². The van der Waals surface area contributed by atoms with Crippen molar-refractivity contribution in [3.63, 3.8) is 0 Å². The van der Waals surface area contributed by atoms with Crippen LogP contribution in [-0.4, -0.2) is 46.7 Å². The van der Waals surface area contributed by atoms with E-state index in [-0.39, 0.29) is 5.91 Å². The maximum Gasteiger partial charge on any atom is 0.230 e. The number of aromatic nitrogens is 3. The van der Waals surface area contributed by atoms with Gasteiger partial charge in [-0.2, -0.15) is 0 Å². The Kier molecular flexibility index (Phi) is 6.60. The van der Waals surface area contributed by atoms with Crippen LogP contribution < -0.4 is 14.8 Å². The first-order chi connectivity index (χ1) is 13.2. The lowest BCUT2D eigenvalue weighted by Crippen LogP contribution is -2.33. The zero-order chi connectivity index (χ0) is 19.2. The van der Waals surface area contributed by atoms with Crippen LogP contribution in [0.25, 0.3) is 11.4 Å². The highest BCUT2D eigenvalue weighted by Gasteiger charge is 2.19. The van der Waals surface area contributed by atoms with E-state index in [1.54, 1.807) is 14.2 Å². The summed E-state index contributed by atoms with van der Waals surface area (Å²) in [5.74, 6) is 2.47. The Morgan fingerprint density at radius 3 is 2.63 bits per heavy atom. The molecule has 8 heteroatoms. The molecule has 146 valence electrons. The summed E-state index contributed by atoms with van der Waals surface area (Å²) in [6, 6.07) is 6.00. The van der Waals surface area contributed by atoms with Crippen molar-refractivity contribution in [3.05, 3.63) is 18.2 Å². The molecule has 27 heavy (non-hydrogen) atoms. The van der Waals surface area contributed by atoms with Crippen LogP contribution in [0.1, 0.15) is 32.6 Å². The third-order valence-corrected chi connectivity index (χ3v) is 5.69. The predicted octanol–water partition coefficient (Wildman–Crippen LogP) is 3.13. The van der Waals surface area contributed by atoms with Gasteiger partial charge in [0.2, 0.25) is 5.91 Å². The van der Waals surface area contributed by atoms with E-state index in [4.69, 9.17) is 9.47 Å². The Hall–Kier alpha value is -2.22. The highest BCUT2D eigenvalue weighted by atomic mass is 32.2. The van der Waals surface area contributed by atoms with Crippen molar-refractivity contribution < 1.29 is 14.3 Å². The summed E-state index contributed by atoms with van der Waals surface area (Å²) >= 11 is 1.42. The molecule has 1 aliphatic rings. The highest BCUT2D eigenvalue weighted by molar-refractivity contribution is 7.99. The van der Waals surface area contributed by atoms with Crippen LogP contribution in [0.2, 0.25) is 0 Å². The standard InChI is InChI=1S/C19H26N4O3S/c1-4-23-18(13-9-10-15(25-2)16(11-13)26-3)21-22-19(23)27-12-17(24)20-14-7-5-6-8-14/h9-11,14H,4-8,12H2,1-3H3,(H,20,24). The number of rotatable bonds is 8. The number of hydrogen-bond acceptors (Lipinski definition) is 6. The molecule has 0 spiro atoms. The zero-order valence-corrected chi connectivity index (χ0v) is 16.8. The van der Waals surface area contributed by atoms with Crippen molar-refractivity contribution in [2.75, 3.05) is 20.0 Å². The average molecular weight is 391 g/mol. The summed E-state index contributed by atoms with van der Waals surface area (Å²) in [6.07, 6.45) is 4.59. The Morgan fingerprint density at radius 2 is 1.96 bits per heavy atom. The van der Waals surface area contributed by atoms with Gasteiger partial charge in [0.15, 0.2) is 22.5 Å². The summed E-state index contributed by atoms with van der Waals surface area (Å²) in [5, 5.41) is 12.5.